The number of nitrogens with one attached hydrogen (secondary N) is 1. The summed E-state index contributed by atoms with van der Waals surface area (Å²) in [6.07, 6.45) is 2.92. The molecule has 0 saturated heterocycles. The molecule has 0 aliphatic heterocycles. The van der Waals surface area contributed by atoms with Gasteiger partial charge < -0.3 is 0 Å². The highest BCUT2D eigenvalue weighted by Crippen LogP contribution is 2.51. The molecule has 1 saturated carbocycles. The first-order chi connectivity index (χ1) is 10.2. The second-order valence-corrected chi connectivity index (χ2v) is 6.54. The molecule has 4 heteroatoms. The maximum atomic E-state index is 13.5. The molecule has 2 nitrogen and oxygen atoms in total. The number of hydrogen-bond acceptors (Lipinski definition) is 2. The zero-order valence-corrected chi connectivity index (χ0v) is 13.2. The molecular weight excluding hydrogens is 331 g/mol. The van der Waals surface area contributed by atoms with Crippen molar-refractivity contribution in [1.29, 1.82) is 0 Å². The Kier molecular flexibility index (Phi) is 4.11. The van der Waals surface area contributed by atoms with E-state index in [0.717, 1.165) is 22.9 Å². The van der Waals surface area contributed by atoms with Crippen molar-refractivity contribution in [2.75, 3.05) is 0 Å². The van der Waals surface area contributed by atoms with Gasteiger partial charge in [0.2, 0.25) is 0 Å². The summed E-state index contributed by atoms with van der Waals surface area (Å²) in [4.78, 5) is 0. The quantitative estimate of drug-likeness (QED) is 0.638. The SMILES string of the molecule is NNC(Cc1cc(F)ccc1Br)C1(c2ccccc2)CC1. The van der Waals surface area contributed by atoms with Gasteiger partial charge in [-0.15, -0.1) is 0 Å². The Morgan fingerprint density at radius 3 is 2.52 bits per heavy atom. The van der Waals surface area contributed by atoms with Crippen molar-refractivity contribution in [2.24, 2.45) is 5.84 Å². The zero-order valence-electron chi connectivity index (χ0n) is 11.7. The van der Waals surface area contributed by atoms with Gasteiger partial charge in [-0.2, -0.15) is 0 Å². The van der Waals surface area contributed by atoms with Crippen LogP contribution in [0.4, 0.5) is 4.39 Å². The minimum Gasteiger partial charge on any atom is -0.271 e. The van der Waals surface area contributed by atoms with Crippen molar-refractivity contribution in [3.8, 4) is 0 Å². The number of hydrazine groups is 1. The summed E-state index contributed by atoms with van der Waals surface area (Å²) in [6.45, 7) is 0. The molecule has 0 radical (unpaired) electrons. The second-order valence-electron chi connectivity index (χ2n) is 5.68. The second kappa shape index (κ2) is 5.87. The third-order valence-corrected chi connectivity index (χ3v) is 5.21. The fraction of sp³-hybridized carbons (Fsp3) is 0.294. The van der Waals surface area contributed by atoms with Crippen molar-refractivity contribution in [3.05, 3.63) is 69.9 Å². The Hall–Kier alpha value is -1.23. The van der Waals surface area contributed by atoms with E-state index in [4.69, 9.17) is 5.84 Å². The van der Waals surface area contributed by atoms with E-state index < -0.39 is 0 Å². The van der Waals surface area contributed by atoms with E-state index in [1.54, 1.807) is 12.1 Å². The number of rotatable bonds is 5. The van der Waals surface area contributed by atoms with Crippen LogP contribution in [0.1, 0.15) is 24.0 Å². The van der Waals surface area contributed by atoms with Gasteiger partial charge in [-0.1, -0.05) is 46.3 Å². The molecule has 3 rings (SSSR count). The van der Waals surface area contributed by atoms with Crippen LogP contribution in [-0.4, -0.2) is 6.04 Å². The lowest BCUT2D eigenvalue weighted by Gasteiger charge is -2.27. The highest BCUT2D eigenvalue weighted by Gasteiger charge is 2.50. The average molecular weight is 349 g/mol. The average Bonchev–Trinajstić information content (AvgIpc) is 3.31. The van der Waals surface area contributed by atoms with Crippen LogP contribution in [0.25, 0.3) is 0 Å². The first kappa shape index (κ1) is 14.7. The predicted molar refractivity (Wildman–Crippen MR) is 86.3 cm³/mol. The molecule has 1 aliphatic rings. The highest BCUT2D eigenvalue weighted by atomic mass is 79.9. The molecule has 0 spiro atoms. The fourth-order valence-corrected chi connectivity index (χ4v) is 3.49. The van der Waals surface area contributed by atoms with Crippen molar-refractivity contribution in [2.45, 2.75) is 30.7 Å². The third-order valence-electron chi connectivity index (χ3n) is 4.44. The van der Waals surface area contributed by atoms with Crippen molar-refractivity contribution in [3.63, 3.8) is 0 Å². The van der Waals surface area contributed by atoms with E-state index in [9.17, 15) is 4.39 Å². The summed E-state index contributed by atoms with van der Waals surface area (Å²) in [5.74, 6) is 5.60. The lowest BCUT2D eigenvalue weighted by molar-refractivity contribution is 0.419. The minimum atomic E-state index is -0.214. The minimum absolute atomic E-state index is 0.0712. The molecule has 2 aromatic carbocycles. The normalized spacial score (nSPS) is 17.5. The monoisotopic (exact) mass is 348 g/mol. The van der Waals surface area contributed by atoms with Crippen LogP contribution < -0.4 is 11.3 Å². The summed E-state index contributed by atoms with van der Waals surface area (Å²) >= 11 is 3.50. The molecule has 1 fully saturated rings. The maximum absolute atomic E-state index is 13.5. The lowest BCUT2D eigenvalue weighted by atomic mass is 9.85. The standard InChI is InChI=1S/C17H18BrFN2/c18-15-7-6-14(19)10-12(15)11-16(21-20)17(8-9-17)13-4-2-1-3-5-13/h1-7,10,16,21H,8-9,11,20H2. The predicted octanol–water partition coefficient (Wildman–Crippen LogP) is 3.69. The number of nitrogens with two attached hydrogens (primary N) is 1. The van der Waals surface area contributed by atoms with Crippen molar-refractivity contribution in [1.82, 2.24) is 5.43 Å². The van der Waals surface area contributed by atoms with E-state index in [-0.39, 0.29) is 17.3 Å². The third kappa shape index (κ3) is 2.89. The Labute approximate surface area is 132 Å². The van der Waals surface area contributed by atoms with Crippen molar-refractivity contribution >= 4 is 15.9 Å². The van der Waals surface area contributed by atoms with Crippen LogP contribution in [-0.2, 0) is 11.8 Å². The van der Waals surface area contributed by atoms with E-state index in [1.165, 1.54) is 11.6 Å². The first-order valence-corrected chi connectivity index (χ1v) is 7.90. The van der Waals surface area contributed by atoms with E-state index in [2.05, 4.69) is 45.6 Å². The molecule has 1 atom stereocenters. The van der Waals surface area contributed by atoms with Gasteiger partial charge in [0.15, 0.2) is 0 Å². The summed E-state index contributed by atoms with van der Waals surface area (Å²) in [5.41, 5.74) is 5.28. The number of benzene rings is 2. The molecule has 1 unspecified atom stereocenters. The summed E-state index contributed by atoms with van der Waals surface area (Å²) in [6, 6.07) is 15.3. The van der Waals surface area contributed by atoms with Crippen LogP contribution in [0.3, 0.4) is 0 Å². The summed E-state index contributed by atoms with van der Waals surface area (Å²) in [7, 11) is 0. The lowest BCUT2D eigenvalue weighted by Crippen LogP contribution is -2.45. The molecule has 0 amide bonds. The van der Waals surface area contributed by atoms with E-state index in [1.807, 2.05) is 6.07 Å². The van der Waals surface area contributed by atoms with Gasteiger partial charge in [-0.3, -0.25) is 11.3 Å². The van der Waals surface area contributed by atoms with Crippen LogP contribution in [0, 0.1) is 5.82 Å². The maximum Gasteiger partial charge on any atom is 0.123 e. The van der Waals surface area contributed by atoms with Gasteiger partial charge in [-0.25, -0.2) is 4.39 Å². The van der Waals surface area contributed by atoms with Crippen molar-refractivity contribution < 1.29 is 4.39 Å². The summed E-state index contributed by atoms with van der Waals surface area (Å²) in [5, 5.41) is 0. The molecule has 3 N–H and O–H groups in total. The number of halogens is 2. The van der Waals surface area contributed by atoms with E-state index in [0.29, 0.717) is 6.42 Å². The Morgan fingerprint density at radius 1 is 1.19 bits per heavy atom. The topological polar surface area (TPSA) is 38.0 Å². The van der Waals surface area contributed by atoms with Gasteiger partial charge in [0.25, 0.3) is 0 Å². The van der Waals surface area contributed by atoms with Crippen LogP contribution in [0.5, 0.6) is 0 Å². The van der Waals surface area contributed by atoms with Gasteiger partial charge in [-0.05, 0) is 48.6 Å². The molecular formula is C17H18BrFN2. The number of hydrogen-bond donors (Lipinski definition) is 2. The molecule has 0 bridgehead atoms. The zero-order chi connectivity index (χ0) is 14.9. The molecule has 0 aromatic heterocycles. The Balaban J connectivity index is 1.88. The smallest absolute Gasteiger partial charge is 0.123 e. The molecule has 0 heterocycles. The van der Waals surface area contributed by atoms with Gasteiger partial charge >= 0.3 is 0 Å². The van der Waals surface area contributed by atoms with Gasteiger partial charge in [0, 0.05) is 15.9 Å². The Bertz CT molecular complexity index is 626. The van der Waals surface area contributed by atoms with Crippen LogP contribution >= 0.6 is 15.9 Å². The van der Waals surface area contributed by atoms with Gasteiger partial charge in [0.05, 0.1) is 0 Å². The molecule has 21 heavy (non-hydrogen) atoms. The summed E-state index contributed by atoms with van der Waals surface area (Å²) < 4.78 is 14.4. The molecule has 110 valence electrons. The first-order valence-electron chi connectivity index (χ1n) is 7.11. The van der Waals surface area contributed by atoms with Crippen LogP contribution in [0.15, 0.2) is 53.0 Å². The molecule has 2 aromatic rings. The largest absolute Gasteiger partial charge is 0.271 e. The molecule has 1 aliphatic carbocycles. The van der Waals surface area contributed by atoms with Crippen LogP contribution in [0.2, 0.25) is 0 Å². The van der Waals surface area contributed by atoms with E-state index >= 15 is 0 Å². The fourth-order valence-electron chi connectivity index (χ4n) is 3.08. The van der Waals surface area contributed by atoms with Gasteiger partial charge in [0.1, 0.15) is 5.82 Å². The highest BCUT2D eigenvalue weighted by molar-refractivity contribution is 9.10. The Morgan fingerprint density at radius 2 is 1.90 bits per heavy atom.